The lowest BCUT2D eigenvalue weighted by atomic mass is 10.2. The molecule has 1 N–H and O–H groups in total. The number of carbonyl (C=O) groups excluding carboxylic acids is 1. The number of hydrogen-bond donors (Lipinski definition) is 1. The Morgan fingerprint density at radius 3 is 2.96 bits per heavy atom. The van der Waals surface area contributed by atoms with Gasteiger partial charge in [-0.1, -0.05) is 6.07 Å². The molecule has 5 nitrogen and oxygen atoms in total. The standard InChI is InChI=1S/C14H11F3N2O3S/c1-7-18-13(14(15,16)17)10(23-7)5-21-8-3-2-4-9-12(8)19-11(20)6-22-9/h2-4H,5-6H2,1H3,(H,19,20). The number of aryl methyl sites for hydroxylation is 1. The van der Waals surface area contributed by atoms with Crippen molar-refractivity contribution in [1.29, 1.82) is 0 Å². The minimum Gasteiger partial charge on any atom is -0.486 e. The molecule has 0 bridgehead atoms. The number of hydrogen-bond acceptors (Lipinski definition) is 5. The topological polar surface area (TPSA) is 60.5 Å². The summed E-state index contributed by atoms with van der Waals surface area (Å²) in [5.74, 6) is 0.312. The lowest BCUT2D eigenvalue weighted by Crippen LogP contribution is -2.25. The molecule has 0 radical (unpaired) electrons. The van der Waals surface area contributed by atoms with Crippen LogP contribution in [-0.4, -0.2) is 17.5 Å². The smallest absolute Gasteiger partial charge is 0.434 e. The maximum Gasteiger partial charge on any atom is 0.434 e. The van der Waals surface area contributed by atoms with Crippen molar-refractivity contribution in [3.05, 3.63) is 33.8 Å². The van der Waals surface area contributed by atoms with E-state index in [1.807, 2.05) is 0 Å². The predicted molar refractivity (Wildman–Crippen MR) is 76.8 cm³/mol. The first-order valence-electron chi connectivity index (χ1n) is 6.56. The van der Waals surface area contributed by atoms with E-state index in [1.165, 1.54) is 6.92 Å². The van der Waals surface area contributed by atoms with Gasteiger partial charge in [-0.15, -0.1) is 11.3 Å². The summed E-state index contributed by atoms with van der Waals surface area (Å²) in [7, 11) is 0. The van der Waals surface area contributed by atoms with Crippen LogP contribution in [0.15, 0.2) is 18.2 Å². The average molecular weight is 344 g/mol. The summed E-state index contributed by atoms with van der Waals surface area (Å²) in [5, 5.41) is 2.90. The number of rotatable bonds is 3. The number of aromatic nitrogens is 1. The fourth-order valence-electron chi connectivity index (χ4n) is 2.13. The predicted octanol–water partition coefficient (Wildman–Crippen LogP) is 3.38. The third-order valence-electron chi connectivity index (χ3n) is 3.04. The Morgan fingerprint density at radius 2 is 2.22 bits per heavy atom. The first-order valence-corrected chi connectivity index (χ1v) is 7.38. The first-order chi connectivity index (χ1) is 10.8. The van der Waals surface area contributed by atoms with E-state index in [1.54, 1.807) is 18.2 Å². The molecule has 23 heavy (non-hydrogen) atoms. The molecule has 0 atom stereocenters. The van der Waals surface area contributed by atoms with Crippen molar-refractivity contribution in [3.8, 4) is 11.5 Å². The summed E-state index contributed by atoms with van der Waals surface area (Å²) in [6.07, 6.45) is -4.53. The highest BCUT2D eigenvalue weighted by atomic mass is 32.1. The van der Waals surface area contributed by atoms with Gasteiger partial charge in [0.2, 0.25) is 0 Å². The van der Waals surface area contributed by atoms with Gasteiger partial charge in [-0.25, -0.2) is 4.98 Å². The van der Waals surface area contributed by atoms with E-state index >= 15 is 0 Å². The van der Waals surface area contributed by atoms with Gasteiger partial charge in [0.25, 0.3) is 5.91 Å². The van der Waals surface area contributed by atoms with Crippen LogP contribution in [0.5, 0.6) is 11.5 Å². The second kappa shape index (κ2) is 5.73. The van der Waals surface area contributed by atoms with Gasteiger partial charge in [-0.2, -0.15) is 13.2 Å². The number of anilines is 1. The van der Waals surface area contributed by atoms with Crippen molar-refractivity contribution < 1.29 is 27.4 Å². The zero-order valence-corrected chi connectivity index (χ0v) is 12.7. The second-order valence-corrected chi connectivity index (χ2v) is 6.04. The van der Waals surface area contributed by atoms with E-state index in [-0.39, 0.29) is 29.7 Å². The molecule has 1 aliphatic heterocycles. The number of ether oxygens (including phenoxy) is 2. The van der Waals surface area contributed by atoms with E-state index in [0.717, 1.165) is 11.3 Å². The zero-order chi connectivity index (χ0) is 16.6. The van der Waals surface area contributed by atoms with E-state index in [9.17, 15) is 18.0 Å². The van der Waals surface area contributed by atoms with E-state index in [0.29, 0.717) is 16.4 Å². The molecule has 2 aromatic rings. The van der Waals surface area contributed by atoms with Crippen molar-refractivity contribution in [2.75, 3.05) is 11.9 Å². The minimum absolute atomic E-state index is 0.0179. The van der Waals surface area contributed by atoms with Gasteiger partial charge in [0.05, 0.1) is 9.88 Å². The fraction of sp³-hybridized carbons (Fsp3) is 0.286. The molecule has 0 unspecified atom stereocenters. The summed E-state index contributed by atoms with van der Waals surface area (Å²) in [6.45, 7) is 1.09. The summed E-state index contributed by atoms with van der Waals surface area (Å²) < 4.78 is 49.5. The van der Waals surface area contributed by atoms with Crippen LogP contribution in [0, 0.1) is 6.92 Å². The number of alkyl halides is 3. The van der Waals surface area contributed by atoms with Crippen molar-refractivity contribution in [3.63, 3.8) is 0 Å². The molecule has 0 fully saturated rings. The van der Waals surface area contributed by atoms with Crippen LogP contribution < -0.4 is 14.8 Å². The van der Waals surface area contributed by atoms with Crippen molar-refractivity contribution >= 4 is 22.9 Å². The second-order valence-electron chi connectivity index (χ2n) is 4.76. The summed E-state index contributed by atoms with van der Waals surface area (Å²) in [4.78, 5) is 14.9. The Hall–Kier alpha value is -2.29. The van der Waals surface area contributed by atoms with E-state index in [4.69, 9.17) is 9.47 Å². The Balaban J connectivity index is 1.84. The molecule has 1 aliphatic rings. The molecular formula is C14H11F3N2O3S. The molecule has 0 saturated carbocycles. The van der Waals surface area contributed by atoms with Crippen LogP contribution in [-0.2, 0) is 17.6 Å². The van der Waals surface area contributed by atoms with Crippen LogP contribution >= 0.6 is 11.3 Å². The lowest BCUT2D eigenvalue weighted by molar-refractivity contribution is -0.141. The molecular weight excluding hydrogens is 333 g/mol. The number of nitrogens with zero attached hydrogens (tertiary/aromatic N) is 1. The number of halogens is 3. The summed E-state index contributed by atoms with van der Waals surface area (Å²) in [6, 6.07) is 4.82. The van der Waals surface area contributed by atoms with Gasteiger partial charge in [-0.3, -0.25) is 4.79 Å². The largest absolute Gasteiger partial charge is 0.486 e. The molecule has 9 heteroatoms. The zero-order valence-electron chi connectivity index (χ0n) is 11.9. The number of carbonyl (C=O) groups is 1. The molecule has 2 heterocycles. The van der Waals surface area contributed by atoms with Crippen LogP contribution in [0.2, 0.25) is 0 Å². The quantitative estimate of drug-likeness (QED) is 0.927. The SMILES string of the molecule is Cc1nc(C(F)(F)F)c(COc2cccc3c2NC(=O)CO3)s1. The number of para-hydroxylation sites is 1. The molecule has 0 saturated heterocycles. The number of fused-ring (bicyclic) bond motifs is 1. The van der Waals surface area contributed by atoms with Gasteiger partial charge in [0.15, 0.2) is 12.3 Å². The molecule has 3 rings (SSSR count). The molecule has 0 aliphatic carbocycles. The summed E-state index contributed by atoms with van der Waals surface area (Å²) >= 11 is 0.924. The van der Waals surface area contributed by atoms with Gasteiger partial charge in [0, 0.05) is 0 Å². The van der Waals surface area contributed by atoms with Gasteiger partial charge >= 0.3 is 6.18 Å². The molecule has 1 amide bonds. The Labute approximate surface area is 133 Å². The maximum atomic E-state index is 12.9. The molecule has 0 spiro atoms. The highest BCUT2D eigenvalue weighted by Crippen LogP contribution is 2.38. The van der Waals surface area contributed by atoms with E-state index in [2.05, 4.69) is 10.3 Å². The Morgan fingerprint density at radius 1 is 1.43 bits per heavy atom. The minimum atomic E-state index is -4.53. The van der Waals surface area contributed by atoms with Gasteiger partial charge in [-0.05, 0) is 19.1 Å². The number of nitrogens with one attached hydrogen (secondary N) is 1. The Bertz CT molecular complexity index is 758. The van der Waals surface area contributed by atoms with Crippen LogP contribution in [0.3, 0.4) is 0 Å². The third-order valence-corrected chi connectivity index (χ3v) is 3.99. The molecule has 1 aromatic carbocycles. The van der Waals surface area contributed by atoms with Gasteiger partial charge in [0.1, 0.15) is 23.8 Å². The average Bonchev–Trinajstić information content (AvgIpc) is 2.86. The van der Waals surface area contributed by atoms with Crippen LogP contribution in [0.4, 0.5) is 18.9 Å². The number of amides is 1. The number of benzene rings is 1. The third kappa shape index (κ3) is 3.24. The van der Waals surface area contributed by atoms with Crippen molar-refractivity contribution in [2.24, 2.45) is 0 Å². The van der Waals surface area contributed by atoms with Crippen molar-refractivity contribution in [1.82, 2.24) is 4.98 Å². The fourth-order valence-corrected chi connectivity index (χ4v) is 2.99. The highest BCUT2D eigenvalue weighted by Gasteiger charge is 2.37. The van der Waals surface area contributed by atoms with E-state index < -0.39 is 11.9 Å². The maximum absolute atomic E-state index is 12.9. The molecule has 122 valence electrons. The first kappa shape index (κ1) is 15.6. The monoisotopic (exact) mass is 344 g/mol. The van der Waals surface area contributed by atoms with Crippen LogP contribution in [0.1, 0.15) is 15.6 Å². The van der Waals surface area contributed by atoms with Gasteiger partial charge < -0.3 is 14.8 Å². The lowest BCUT2D eigenvalue weighted by Gasteiger charge is -2.20. The normalized spacial score (nSPS) is 14.0. The highest BCUT2D eigenvalue weighted by molar-refractivity contribution is 7.11. The van der Waals surface area contributed by atoms with Crippen molar-refractivity contribution in [2.45, 2.75) is 19.7 Å². The molecule has 1 aromatic heterocycles. The number of thiazole rings is 1. The summed E-state index contributed by atoms with van der Waals surface area (Å²) in [5.41, 5.74) is -0.622. The van der Waals surface area contributed by atoms with Crippen LogP contribution in [0.25, 0.3) is 0 Å². The Kier molecular flexibility index (Phi) is 3.88.